The van der Waals surface area contributed by atoms with E-state index < -0.39 is 0 Å². The summed E-state index contributed by atoms with van der Waals surface area (Å²) in [6.07, 6.45) is 5.45. The van der Waals surface area contributed by atoms with Gasteiger partial charge in [-0.3, -0.25) is 9.79 Å². The zero-order chi connectivity index (χ0) is 24.4. The van der Waals surface area contributed by atoms with E-state index in [0.29, 0.717) is 67.2 Å². The first kappa shape index (κ1) is 23.0. The number of carbonyl (C=O) groups is 1. The monoisotopic (exact) mass is 474 g/mol. The Morgan fingerprint density at radius 1 is 1.26 bits per heavy atom. The molecule has 1 aliphatic carbocycles. The fourth-order valence-electron chi connectivity index (χ4n) is 4.15. The summed E-state index contributed by atoms with van der Waals surface area (Å²) >= 11 is 0. The van der Waals surface area contributed by atoms with Crippen LogP contribution in [-0.2, 0) is 11.3 Å². The van der Waals surface area contributed by atoms with Crippen molar-refractivity contribution in [2.24, 2.45) is 10.7 Å². The number of aromatic nitrogens is 4. The minimum atomic E-state index is -0.167. The fourth-order valence-corrected chi connectivity index (χ4v) is 4.15. The zero-order valence-corrected chi connectivity index (χ0v) is 20.1. The number of rotatable bonds is 7. The first-order chi connectivity index (χ1) is 17.1. The second-order valence-corrected chi connectivity index (χ2v) is 8.68. The van der Waals surface area contributed by atoms with Crippen LogP contribution >= 0.6 is 0 Å². The lowest BCUT2D eigenvalue weighted by Gasteiger charge is -2.28. The van der Waals surface area contributed by atoms with E-state index in [1.807, 2.05) is 35.8 Å². The number of morpholine rings is 1. The van der Waals surface area contributed by atoms with Crippen LogP contribution in [0.2, 0.25) is 0 Å². The van der Waals surface area contributed by atoms with Crippen LogP contribution in [0.4, 0.5) is 5.82 Å². The van der Waals surface area contributed by atoms with Gasteiger partial charge in [0.1, 0.15) is 0 Å². The third-order valence-electron chi connectivity index (χ3n) is 6.18. The first-order valence-corrected chi connectivity index (χ1v) is 12.0. The lowest BCUT2D eigenvalue weighted by Crippen LogP contribution is -2.37. The topological polar surface area (TPSA) is 124 Å². The molecule has 0 spiro atoms. The number of imidazole rings is 1. The molecule has 10 nitrogen and oxygen atoms in total. The molecule has 1 aromatic carbocycles. The molecule has 10 heteroatoms. The highest BCUT2D eigenvalue weighted by Gasteiger charge is 2.29. The normalized spacial score (nSPS) is 16.9. The van der Waals surface area contributed by atoms with Crippen molar-refractivity contribution in [3.63, 3.8) is 0 Å². The molecule has 35 heavy (non-hydrogen) atoms. The Bertz CT molecular complexity index is 1300. The molecule has 0 unspecified atom stereocenters. The molecule has 2 fully saturated rings. The van der Waals surface area contributed by atoms with Gasteiger partial charge in [0, 0.05) is 50.2 Å². The second-order valence-electron chi connectivity index (χ2n) is 8.68. The van der Waals surface area contributed by atoms with Crippen molar-refractivity contribution in [1.82, 2.24) is 24.8 Å². The molecule has 2 aliphatic rings. The molecular formula is C25H30N8O2. The molecule has 1 saturated heterocycles. The SMILES string of the molecule is CCn1c(C(=O)NC2CC2)nc2c(N3CCOCC3)nc(-c3cccc(C(N)=CC=NC)c3)nc21. The molecule has 0 radical (unpaired) electrons. The van der Waals surface area contributed by atoms with Crippen molar-refractivity contribution in [2.75, 3.05) is 38.3 Å². The Morgan fingerprint density at radius 3 is 2.77 bits per heavy atom. The van der Waals surface area contributed by atoms with Crippen LogP contribution in [0.25, 0.3) is 28.2 Å². The van der Waals surface area contributed by atoms with Crippen molar-refractivity contribution >= 4 is 34.8 Å². The number of hydrogen-bond acceptors (Lipinski definition) is 8. The standard InChI is InChI=1S/C25H30N8O2/c1-3-33-23-20(29-24(33)25(34)28-18-7-8-18)22(32-11-13-35-14-12-32)30-21(31-23)17-6-4-5-16(15-17)19(26)9-10-27-2/h4-6,9-10,15,18H,3,7-8,11-14,26H2,1-2H3,(H,28,34). The van der Waals surface area contributed by atoms with E-state index >= 15 is 0 Å². The molecule has 182 valence electrons. The highest BCUT2D eigenvalue weighted by Crippen LogP contribution is 2.30. The van der Waals surface area contributed by atoms with Crippen LogP contribution in [0.5, 0.6) is 0 Å². The Balaban J connectivity index is 1.65. The number of nitrogens with two attached hydrogens (primary N) is 1. The van der Waals surface area contributed by atoms with Gasteiger partial charge in [0.15, 0.2) is 22.8 Å². The summed E-state index contributed by atoms with van der Waals surface area (Å²) in [6, 6.07) is 8.04. The van der Waals surface area contributed by atoms with E-state index in [0.717, 1.165) is 24.0 Å². The smallest absolute Gasteiger partial charge is 0.287 e. The van der Waals surface area contributed by atoms with Crippen LogP contribution < -0.4 is 16.0 Å². The fraction of sp³-hybridized carbons (Fsp3) is 0.400. The average Bonchev–Trinajstić information content (AvgIpc) is 3.63. The number of hydrogen-bond donors (Lipinski definition) is 2. The maximum absolute atomic E-state index is 13.0. The van der Waals surface area contributed by atoms with Gasteiger partial charge in [-0.15, -0.1) is 0 Å². The lowest BCUT2D eigenvalue weighted by molar-refractivity contribution is 0.0937. The molecule has 1 saturated carbocycles. The largest absolute Gasteiger partial charge is 0.398 e. The Kier molecular flexibility index (Phi) is 6.45. The quantitative estimate of drug-likeness (QED) is 0.503. The first-order valence-electron chi connectivity index (χ1n) is 12.0. The molecule has 2 aromatic heterocycles. The molecule has 0 atom stereocenters. The van der Waals surface area contributed by atoms with Gasteiger partial charge in [-0.1, -0.05) is 18.2 Å². The summed E-state index contributed by atoms with van der Waals surface area (Å²) in [5.74, 6) is 1.48. The van der Waals surface area contributed by atoms with E-state index in [1.165, 1.54) is 0 Å². The second kappa shape index (κ2) is 9.83. The minimum Gasteiger partial charge on any atom is -0.398 e. The molecule has 1 aliphatic heterocycles. The van der Waals surface area contributed by atoms with Gasteiger partial charge >= 0.3 is 0 Å². The van der Waals surface area contributed by atoms with Crippen molar-refractivity contribution in [3.8, 4) is 11.4 Å². The maximum Gasteiger partial charge on any atom is 0.287 e. The van der Waals surface area contributed by atoms with Crippen LogP contribution in [-0.4, -0.2) is 71.0 Å². The number of aliphatic imine (C=N–C) groups is 1. The number of anilines is 1. The molecule has 3 aromatic rings. The van der Waals surface area contributed by atoms with Crippen molar-refractivity contribution in [1.29, 1.82) is 0 Å². The number of allylic oxidation sites excluding steroid dienone is 1. The van der Waals surface area contributed by atoms with E-state index in [4.69, 9.17) is 25.4 Å². The molecular weight excluding hydrogens is 444 g/mol. The number of aryl methyl sites for hydroxylation is 1. The third-order valence-corrected chi connectivity index (χ3v) is 6.18. The lowest BCUT2D eigenvalue weighted by atomic mass is 10.1. The average molecular weight is 475 g/mol. The third kappa shape index (κ3) is 4.74. The number of nitrogens with zero attached hydrogens (tertiary/aromatic N) is 6. The summed E-state index contributed by atoms with van der Waals surface area (Å²) < 4.78 is 7.43. The summed E-state index contributed by atoms with van der Waals surface area (Å²) in [5.41, 5.74) is 9.80. The predicted molar refractivity (Wildman–Crippen MR) is 137 cm³/mol. The van der Waals surface area contributed by atoms with E-state index in [1.54, 1.807) is 19.3 Å². The van der Waals surface area contributed by atoms with Crippen molar-refractivity contribution in [3.05, 3.63) is 41.7 Å². The van der Waals surface area contributed by atoms with Crippen molar-refractivity contribution < 1.29 is 9.53 Å². The van der Waals surface area contributed by atoms with Crippen LogP contribution in [0.15, 0.2) is 35.3 Å². The van der Waals surface area contributed by atoms with Gasteiger partial charge in [0.25, 0.3) is 5.91 Å². The summed E-state index contributed by atoms with van der Waals surface area (Å²) in [5, 5.41) is 3.05. The molecule has 5 rings (SSSR count). The van der Waals surface area contributed by atoms with E-state index in [2.05, 4.69) is 15.2 Å². The Labute approximate surface area is 203 Å². The van der Waals surface area contributed by atoms with Gasteiger partial charge in [-0.05, 0) is 37.5 Å². The van der Waals surface area contributed by atoms with Crippen LogP contribution in [0, 0.1) is 0 Å². The van der Waals surface area contributed by atoms with Crippen LogP contribution in [0.1, 0.15) is 35.9 Å². The zero-order valence-electron chi connectivity index (χ0n) is 20.1. The number of fused-ring (bicyclic) bond motifs is 1. The van der Waals surface area contributed by atoms with E-state index in [-0.39, 0.29) is 11.9 Å². The van der Waals surface area contributed by atoms with Gasteiger partial charge in [-0.2, -0.15) is 0 Å². The van der Waals surface area contributed by atoms with Gasteiger partial charge in [0.05, 0.1) is 13.2 Å². The van der Waals surface area contributed by atoms with Gasteiger partial charge in [0.2, 0.25) is 5.82 Å². The van der Waals surface area contributed by atoms with Crippen LogP contribution in [0.3, 0.4) is 0 Å². The Morgan fingerprint density at radius 2 is 2.06 bits per heavy atom. The molecule has 1 amide bonds. The molecule has 3 heterocycles. The van der Waals surface area contributed by atoms with Gasteiger partial charge in [-0.25, -0.2) is 15.0 Å². The number of nitrogens with one attached hydrogen (secondary N) is 1. The van der Waals surface area contributed by atoms with E-state index in [9.17, 15) is 4.79 Å². The number of ether oxygens (including phenoxy) is 1. The summed E-state index contributed by atoms with van der Waals surface area (Å²) in [6.45, 7) is 5.17. The maximum atomic E-state index is 13.0. The Hall–Kier alpha value is -3.79. The molecule has 0 bridgehead atoms. The highest BCUT2D eigenvalue weighted by molar-refractivity contribution is 5.97. The summed E-state index contributed by atoms with van der Waals surface area (Å²) in [4.78, 5) is 33.7. The molecule has 3 N–H and O–H groups in total. The van der Waals surface area contributed by atoms with Gasteiger partial charge < -0.3 is 25.3 Å². The summed E-state index contributed by atoms with van der Waals surface area (Å²) in [7, 11) is 1.70. The minimum absolute atomic E-state index is 0.167. The predicted octanol–water partition coefficient (Wildman–Crippen LogP) is 2.24. The van der Waals surface area contributed by atoms with Crippen molar-refractivity contribution in [2.45, 2.75) is 32.4 Å². The number of benzene rings is 1. The number of amides is 1. The highest BCUT2D eigenvalue weighted by atomic mass is 16.5. The number of carbonyl (C=O) groups excluding carboxylic acids is 1.